The summed E-state index contributed by atoms with van der Waals surface area (Å²) in [6.07, 6.45) is 4.66. The first-order chi connectivity index (χ1) is 11.2. The molecule has 2 rings (SSSR count). The van der Waals surface area contributed by atoms with E-state index in [1.165, 1.54) is 24.8 Å². The van der Waals surface area contributed by atoms with Crippen LogP contribution in [0.2, 0.25) is 5.02 Å². The van der Waals surface area contributed by atoms with Crippen molar-refractivity contribution in [2.45, 2.75) is 39.2 Å². The van der Waals surface area contributed by atoms with Crippen LogP contribution in [0.5, 0.6) is 0 Å². The monoisotopic (exact) mass is 336 g/mol. The summed E-state index contributed by atoms with van der Waals surface area (Å²) in [4.78, 5) is 6.96. The molecule has 0 aromatic heterocycles. The Balaban J connectivity index is 1.69. The standard InChI is InChI=1S/C18H29ClN4/c1-2-3-10-21-18(20)22-13-15-8-11-23(12-9-15)14-16-6-4-5-7-17(16)19/h4-7,15H,2-3,8-14H2,1H3,(H3,20,21,22). The average Bonchev–Trinajstić information content (AvgIpc) is 2.56. The number of nitrogens with one attached hydrogen (secondary N) is 1. The molecular weight excluding hydrogens is 308 g/mol. The molecule has 1 aliphatic heterocycles. The number of guanidine groups is 1. The Morgan fingerprint density at radius 3 is 2.78 bits per heavy atom. The smallest absolute Gasteiger partial charge is 0.188 e. The largest absolute Gasteiger partial charge is 0.370 e. The topological polar surface area (TPSA) is 53.6 Å². The van der Waals surface area contributed by atoms with Crippen LogP contribution in [0, 0.1) is 5.92 Å². The molecule has 0 spiro atoms. The molecule has 1 aliphatic rings. The minimum absolute atomic E-state index is 0.594. The highest BCUT2D eigenvalue weighted by Crippen LogP contribution is 2.22. The van der Waals surface area contributed by atoms with Gasteiger partial charge in [-0.25, -0.2) is 0 Å². The van der Waals surface area contributed by atoms with Crippen LogP contribution in [-0.4, -0.2) is 37.0 Å². The first kappa shape index (κ1) is 18.1. The van der Waals surface area contributed by atoms with Gasteiger partial charge < -0.3 is 11.1 Å². The van der Waals surface area contributed by atoms with E-state index < -0.39 is 0 Å². The molecule has 1 aromatic rings. The van der Waals surface area contributed by atoms with Gasteiger partial charge >= 0.3 is 0 Å². The zero-order chi connectivity index (χ0) is 16.5. The number of rotatable bonds is 7. The predicted molar refractivity (Wildman–Crippen MR) is 98.9 cm³/mol. The summed E-state index contributed by atoms with van der Waals surface area (Å²) in [6.45, 7) is 7.08. The van der Waals surface area contributed by atoms with Crippen molar-refractivity contribution >= 4 is 17.6 Å². The van der Waals surface area contributed by atoms with Gasteiger partial charge in [0.15, 0.2) is 5.96 Å². The van der Waals surface area contributed by atoms with Gasteiger partial charge in [0.05, 0.1) is 0 Å². The van der Waals surface area contributed by atoms with Gasteiger partial charge in [-0.1, -0.05) is 43.1 Å². The van der Waals surface area contributed by atoms with Crippen molar-refractivity contribution in [3.05, 3.63) is 34.9 Å². The number of hydrogen-bond donors (Lipinski definition) is 2. The Kier molecular flexibility index (Phi) is 7.69. The number of piperidine rings is 1. The molecule has 0 radical (unpaired) electrons. The lowest BCUT2D eigenvalue weighted by Gasteiger charge is -2.31. The third kappa shape index (κ3) is 6.40. The molecule has 3 N–H and O–H groups in total. The number of likely N-dealkylation sites (tertiary alicyclic amines) is 1. The Hall–Kier alpha value is -1.26. The van der Waals surface area contributed by atoms with Crippen LogP contribution < -0.4 is 11.1 Å². The third-order valence-electron chi connectivity index (χ3n) is 4.42. The van der Waals surface area contributed by atoms with E-state index >= 15 is 0 Å². The van der Waals surface area contributed by atoms with Crippen LogP contribution in [-0.2, 0) is 6.54 Å². The third-order valence-corrected chi connectivity index (χ3v) is 4.78. The molecule has 1 saturated heterocycles. The highest BCUT2D eigenvalue weighted by molar-refractivity contribution is 6.31. The number of hydrogen-bond acceptors (Lipinski definition) is 2. The van der Waals surface area contributed by atoms with Crippen molar-refractivity contribution in [1.82, 2.24) is 10.2 Å². The van der Waals surface area contributed by atoms with Crippen LogP contribution in [0.4, 0.5) is 0 Å². The Morgan fingerprint density at radius 1 is 1.35 bits per heavy atom. The second-order valence-corrected chi connectivity index (χ2v) is 6.72. The summed E-state index contributed by atoms with van der Waals surface area (Å²) < 4.78 is 0. The molecule has 5 heteroatoms. The Bertz CT molecular complexity index is 496. The van der Waals surface area contributed by atoms with Crippen molar-refractivity contribution in [3.63, 3.8) is 0 Å². The maximum Gasteiger partial charge on any atom is 0.188 e. The molecule has 0 saturated carbocycles. The van der Waals surface area contributed by atoms with Crippen LogP contribution in [0.15, 0.2) is 29.3 Å². The normalized spacial score (nSPS) is 17.4. The summed E-state index contributed by atoms with van der Waals surface area (Å²) in [5, 5.41) is 4.04. The highest BCUT2D eigenvalue weighted by Gasteiger charge is 2.19. The quantitative estimate of drug-likeness (QED) is 0.456. The minimum Gasteiger partial charge on any atom is -0.370 e. The van der Waals surface area contributed by atoms with Gasteiger partial charge in [-0.2, -0.15) is 0 Å². The van der Waals surface area contributed by atoms with Crippen LogP contribution in [0.3, 0.4) is 0 Å². The van der Waals surface area contributed by atoms with Gasteiger partial charge in [0.25, 0.3) is 0 Å². The van der Waals surface area contributed by atoms with Gasteiger partial charge in [0.1, 0.15) is 0 Å². The number of benzene rings is 1. The van der Waals surface area contributed by atoms with Crippen LogP contribution in [0.1, 0.15) is 38.2 Å². The fraction of sp³-hybridized carbons (Fsp3) is 0.611. The molecular formula is C18H29ClN4. The summed E-state index contributed by atoms with van der Waals surface area (Å²) in [7, 11) is 0. The lowest BCUT2D eigenvalue weighted by atomic mass is 9.96. The number of halogens is 1. The lowest BCUT2D eigenvalue weighted by molar-refractivity contribution is 0.180. The second kappa shape index (κ2) is 9.78. The summed E-state index contributed by atoms with van der Waals surface area (Å²) in [5.41, 5.74) is 7.11. The van der Waals surface area contributed by atoms with Gasteiger partial charge in [-0.05, 0) is 49.9 Å². The van der Waals surface area contributed by atoms with Crippen molar-refractivity contribution in [2.24, 2.45) is 16.6 Å². The molecule has 0 bridgehead atoms. The van der Waals surface area contributed by atoms with Crippen molar-refractivity contribution in [3.8, 4) is 0 Å². The van der Waals surface area contributed by atoms with Gasteiger partial charge in [-0.3, -0.25) is 9.89 Å². The first-order valence-corrected chi connectivity index (χ1v) is 9.06. The maximum atomic E-state index is 6.24. The van der Waals surface area contributed by atoms with Crippen LogP contribution >= 0.6 is 11.6 Å². The number of nitrogens with zero attached hydrogens (tertiary/aromatic N) is 2. The predicted octanol–water partition coefficient (Wildman–Crippen LogP) is 3.26. The van der Waals surface area contributed by atoms with Gasteiger partial charge in [-0.15, -0.1) is 0 Å². The molecule has 1 heterocycles. The molecule has 4 nitrogen and oxygen atoms in total. The molecule has 0 aliphatic carbocycles. The first-order valence-electron chi connectivity index (χ1n) is 8.68. The summed E-state index contributed by atoms with van der Waals surface area (Å²) in [6, 6.07) is 8.11. The highest BCUT2D eigenvalue weighted by atomic mass is 35.5. The molecule has 0 unspecified atom stereocenters. The molecule has 0 amide bonds. The van der Waals surface area contributed by atoms with E-state index in [4.69, 9.17) is 17.3 Å². The fourth-order valence-corrected chi connectivity index (χ4v) is 3.07. The lowest BCUT2D eigenvalue weighted by Crippen LogP contribution is -2.36. The Morgan fingerprint density at radius 2 is 2.09 bits per heavy atom. The fourth-order valence-electron chi connectivity index (χ4n) is 2.87. The zero-order valence-electron chi connectivity index (χ0n) is 14.1. The van der Waals surface area contributed by atoms with Crippen molar-refractivity contribution < 1.29 is 0 Å². The molecule has 23 heavy (non-hydrogen) atoms. The molecule has 1 aromatic carbocycles. The number of nitrogens with two attached hydrogens (primary N) is 1. The van der Waals surface area contributed by atoms with Gasteiger partial charge in [0.2, 0.25) is 0 Å². The maximum absolute atomic E-state index is 6.24. The molecule has 0 atom stereocenters. The Labute approximate surface area is 145 Å². The second-order valence-electron chi connectivity index (χ2n) is 6.32. The number of aliphatic imine (C=N–C) groups is 1. The van der Waals surface area contributed by atoms with E-state index in [2.05, 4.69) is 34.3 Å². The van der Waals surface area contributed by atoms with Gasteiger partial charge in [0, 0.05) is 24.7 Å². The van der Waals surface area contributed by atoms with E-state index in [0.717, 1.165) is 44.2 Å². The summed E-state index contributed by atoms with van der Waals surface area (Å²) in [5.74, 6) is 1.24. The zero-order valence-corrected chi connectivity index (χ0v) is 14.9. The van der Waals surface area contributed by atoms with Crippen LogP contribution in [0.25, 0.3) is 0 Å². The van der Waals surface area contributed by atoms with E-state index in [1.54, 1.807) is 0 Å². The summed E-state index contributed by atoms with van der Waals surface area (Å²) >= 11 is 6.24. The van der Waals surface area contributed by atoms with E-state index in [9.17, 15) is 0 Å². The molecule has 128 valence electrons. The average molecular weight is 337 g/mol. The van der Waals surface area contributed by atoms with E-state index in [-0.39, 0.29) is 0 Å². The minimum atomic E-state index is 0.594. The molecule has 1 fully saturated rings. The van der Waals surface area contributed by atoms with E-state index in [0.29, 0.717) is 11.9 Å². The van der Waals surface area contributed by atoms with Crippen molar-refractivity contribution in [2.75, 3.05) is 26.2 Å². The number of unbranched alkanes of at least 4 members (excludes halogenated alkanes) is 1. The van der Waals surface area contributed by atoms with Crippen molar-refractivity contribution in [1.29, 1.82) is 0 Å². The SMILES string of the molecule is CCCCNC(N)=NCC1CCN(Cc2ccccc2Cl)CC1. The van der Waals surface area contributed by atoms with E-state index in [1.807, 2.05) is 12.1 Å².